The van der Waals surface area contributed by atoms with Gasteiger partial charge in [0.1, 0.15) is 5.52 Å². The summed E-state index contributed by atoms with van der Waals surface area (Å²) >= 11 is 0. The number of hydrogen-bond donors (Lipinski definition) is 2. The van der Waals surface area contributed by atoms with Gasteiger partial charge in [-0.1, -0.05) is 5.21 Å². The smallest absolute Gasteiger partial charge is 0.306 e. The number of nitrogens with one attached hydrogen (secondary N) is 2. The summed E-state index contributed by atoms with van der Waals surface area (Å²) in [6, 6.07) is 14.0. The molecule has 2 N–H and O–H groups in total. The second-order valence-corrected chi connectivity index (χ2v) is 7.23. The molecular formula is C21H14FN9O. The Hall–Kier alpha value is -4.67. The third kappa shape index (κ3) is 2.95. The molecule has 4 aromatic heterocycles. The van der Waals surface area contributed by atoms with Gasteiger partial charge >= 0.3 is 5.69 Å². The molecule has 0 radical (unpaired) electrons. The maximum atomic E-state index is 15.0. The maximum Gasteiger partial charge on any atom is 0.323 e. The van der Waals surface area contributed by atoms with Crippen LogP contribution in [0.5, 0.6) is 0 Å². The molecule has 11 heteroatoms. The van der Waals surface area contributed by atoms with Gasteiger partial charge in [-0.25, -0.2) is 13.9 Å². The van der Waals surface area contributed by atoms with Crippen LogP contribution in [0.25, 0.3) is 39.0 Å². The van der Waals surface area contributed by atoms with Gasteiger partial charge in [0.2, 0.25) is 0 Å². The third-order valence-corrected chi connectivity index (χ3v) is 5.20. The number of fused-ring (bicyclic) bond motifs is 2. The van der Waals surface area contributed by atoms with Crippen LogP contribution in [-0.4, -0.2) is 44.9 Å². The quantitative estimate of drug-likeness (QED) is 0.445. The second-order valence-electron chi connectivity index (χ2n) is 7.23. The number of rotatable bonds is 4. The molecule has 0 saturated carbocycles. The third-order valence-electron chi connectivity index (χ3n) is 5.20. The van der Waals surface area contributed by atoms with Crippen molar-refractivity contribution < 1.29 is 4.39 Å². The van der Waals surface area contributed by atoms with Crippen molar-refractivity contribution in [1.29, 1.82) is 0 Å². The molecule has 0 atom stereocenters. The Morgan fingerprint density at radius 3 is 2.75 bits per heavy atom. The fourth-order valence-corrected chi connectivity index (χ4v) is 3.75. The molecule has 2 aromatic carbocycles. The predicted molar refractivity (Wildman–Crippen MR) is 114 cm³/mol. The first kappa shape index (κ1) is 18.1. The average molecular weight is 427 g/mol. The molecule has 6 aromatic rings. The lowest BCUT2D eigenvalue weighted by atomic mass is 10.1. The Morgan fingerprint density at radius 2 is 1.88 bits per heavy atom. The zero-order chi connectivity index (χ0) is 21.7. The van der Waals surface area contributed by atoms with E-state index in [0.717, 1.165) is 11.4 Å². The highest BCUT2D eigenvalue weighted by Crippen LogP contribution is 2.28. The van der Waals surface area contributed by atoms with E-state index in [0.29, 0.717) is 34.3 Å². The molecule has 0 amide bonds. The zero-order valence-electron chi connectivity index (χ0n) is 16.4. The number of benzene rings is 2. The molecule has 32 heavy (non-hydrogen) atoms. The molecule has 0 bridgehead atoms. The van der Waals surface area contributed by atoms with Crippen molar-refractivity contribution in [3.8, 4) is 16.9 Å². The monoisotopic (exact) mass is 427 g/mol. The molecule has 0 spiro atoms. The summed E-state index contributed by atoms with van der Waals surface area (Å²) in [5, 5.41) is 20.5. The molecule has 4 heterocycles. The molecule has 0 aliphatic carbocycles. The molecule has 0 aliphatic heterocycles. The van der Waals surface area contributed by atoms with E-state index in [1.54, 1.807) is 41.3 Å². The maximum absolute atomic E-state index is 15.0. The van der Waals surface area contributed by atoms with Crippen molar-refractivity contribution in [1.82, 2.24) is 44.9 Å². The van der Waals surface area contributed by atoms with Crippen LogP contribution in [-0.2, 0) is 6.54 Å². The number of halogens is 1. The van der Waals surface area contributed by atoms with Crippen molar-refractivity contribution in [2.45, 2.75) is 6.54 Å². The van der Waals surface area contributed by atoms with E-state index in [4.69, 9.17) is 0 Å². The van der Waals surface area contributed by atoms with Crippen molar-refractivity contribution in [2.75, 3.05) is 0 Å². The second kappa shape index (κ2) is 6.94. The van der Waals surface area contributed by atoms with Crippen LogP contribution in [0.1, 0.15) is 5.69 Å². The molecule has 0 saturated heterocycles. The van der Waals surface area contributed by atoms with Gasteiger partial charge in [0.15, 0.2) is 5.82 Å². The minimum atomic E-state index is -0.493. The normalized spacial score (nSPS) is 11.5. The van der Waals surface area contributed by atoms with Crippen LogP contribution in [0.2, 0.25) is 0 Å². The lowest BCUT2D eigenvalue weighted by Crippen LogP contribution is -2.06. The Morgan fingerprint density at radius 1 is 0.969 bits per heavy atom. The van der Waals surface area contributed by atoms with Gasteiger partial charge in [-0.05, 0) is 48.5 Å². The van der Waals surface area contributed by atoms with Crippen molar-refractivity contribution in [3.63, 3.8) is 0 Å². The lowest BCUT2D eigenvalue weighted by molar-refractivity contribution is 0.635. The molecule has 6 rings (SSSR count). The van der Waals surface area contributed by atoms with E-state index in [9.17, 15) is 9.18 Å². The Kier molecular flexibility index (Phi) is 3.93. The van der Waals surface area contributed by atoms with Crippen LogP contribution in [0.4, 0.5) is 4.39 Å². The number of nitrogens with zero attached hydrogens (tertiary/aromatic N) is 7. The highest BCUT2D eigenvalue weighted by atomic mass is 19.1. The molecule has 10 nitrogen and oxygen atoms in total. The minimum Gasteiger partial charge on any atom is -0.306 e. The van der Waals surface area contributed by atoms with E-state index in [-0.39, 0.29) is 11.2 Å². The van der Waals surface area contributed by atoms with Crippen molar-refractivity contribution >= 4 is 22.1 Å². The Balaban J connectivity index is 1.47. The molecular weight excluding hydrogens is 413 g/mol. The summed E-state index contributed by atoms with van der Waals surface area (Å²) in [7, 11) is 0. The molecule has 0 unspecified atom stereocenters. The van der Waals surface area contributed by atoms with Crippen LogP contribution in [0.15, 0.2) is 65.7 Å². The first-order valence-corrected chi connectivity index (χ1v) is 9.72. The van der Waals surface area contributed by atoms with Gasteiger partial charge in [0, 0.05) is 18.0 Å². The lowest BCUT2D eigenvalue weighted by Gasteiger charge is -2.08. The molecule has 156 valence electrons. The van der Waals surface area contributed by atoms with Crippen LogP contribution in [0.3, 0.4) is 0 Å². The number of aromatic amines is 2. The highest BCUT2D eigenvalue weighted by Gasteiger charge is 2.16. The van der Waals surface area contributed by atoms with Gasteiger partial charge in [-0.15, -0.1) is 5.10 Å². The Bertz CT molecular complexity index is 1640. The Labute approximate surface area is 178 Å². The topological polar surface area (TPSA) is 123 Å². The van der Waals surface area contributed by atoms with Crippen LogP contribution >= 0.6 is 0 Å². The first-order valence-electron chi connectivity index (χ1n) is 9.72. The minimum absolute atomic E-state index is 0.149. The van der Waals surface area contributed by atoms with Gasteiger partial charge in [-0.2, -0.15) is 15.3 Å². The summed E-state index contributed by atoms with van der Waals surface area (Å²) in [5.74, 6) is -0.493. The number of imidazole rings is 1. The van der Waals surface area contributed by atoms with E-state index in [2.05, 4.69) is 35.6 Å². The molecule has 0 fully saturated rings. The molecule has 0 aliphatic rings. The van der Waals surface area contributed by atoms with E-state index in [1.807, 2.05) is 18.2 Å². The summed E-state index contributed by atoms with van der Waals surface area (Å²) < 4.78 is 18.2. The number of H-pyrrole nitrogens is 2. The fraction of sp³-hybridized carbons (Fsp3) is 0.0476. The van der Waals surface area contributed by atoms with Gasteiger partial charge in [-0.3, -0.25) is 4.68 Å². The van der Waals surface area contributed by atoms with Crippen molar-refractivity contribution in [2.24, 2.45) is 0 Å². The SMILES string of the molecule is O=c1[nH]c2ccc(-n3nnc4c(F)cc(-c5ccnn5Cc5cccnn5)cc43)cc2[nH]1. The number of aromatic nitrogens is 9. The van der Waals surface area contributed by atoms with Gasteiger partial charge in [0.05, 0.1) is 40.2 Å². The summed E-state index contributed by atoms with van der Waals surface area (Å²) in [6.45, 7) is 0.394. The van der Waals surface area contributed by atoms with Crippen molar-refractivity contribution in [3.05, 3.63) is 82.9 Å². The van der Waals surface area contributed by atoms with Crippen LogP contribution in [0, 0.1) is 5.82 Å². The largest absolute Gasteiger partial charge is 0.323 e. The van der Waals surface area contributed by atoms with Crippen LogP contribution < -0.4 is 5.69 Å². The summed E-state index contributed by atoms with van der Waals surface area (Å²) in [6.07, 6.45) is 3.25. The standard InChI is InChI=1S/C21H14FN9O/c22-15-8-12(18-5-7-24-30(18)11-13-2-1-6-23-27-13)9-19-20(15)28-29-31(19)14-3-4-16-17(10-14)26-21(32)25-16/h1-10H,11H2,(H2,25,26,32). The average Bonchev–Trinajstić information content (AvgIpc) is 3.51. The first-order chi connectivity index (χ1) is 15.7. The number of hydrogen-bond acceptors (Lipinski definition) is 6. The van der Waals surface area contributed by atoms with Gasteiger partial charge < -0.3 is 9.97 Å². The zero-order valence-corrected chi connectivity index (χ0v) is 16.4. The predicted octanol–water partition coefficient (Wildman–Crippen LogP) is 2.43. The van der Waals surface area contributed by atoms with E-state index < -0.39 is 5.82 Å². The van der Waals surface area contributed by atoms with E-state index in [1.165, 1.54) is 10.7 Å². The highest BCUT2D eigenvalue weighted by molar-refractivity contribution is 5.84. The summed E-state index contributed by atoms with van der Waals surface area (Å²) in [5.41, 5.74) is 4.34. The fourth-order valence-electron chi connectivity index (χ4n) is 3.75. The van der Waals surface area contributed by atoms with Gasteiger partial charge in [0.25, 0.3) is 0 Å². The summed E-state index contributed by atoms with van der Waals surface area (Å²) in [4.78, 5) is 17.0. The van der Waals surface area contributed by atoms with E-state index >= 15 is 0 Å².